The Bertz CT molecular complexity index is 991. The highest BCUT2D eigenvalue weighted by Gasteiger charge is 2.18. The molecular weight excluding hydrogens is 460 g/mol. The van der Waals surface area contributed by atoms with Gasteiger partial charge in [0, 0.05) is 28.1 Å². The molecule has 0 aliphatic carbocycles. The summed E-state index contributed by atoms with van der Waals surface area (Å²) in [5.74, 6) is -0.441. The van der Waals surface area contributed by atoms with Crippen LogP contribution in [0, 0.1) is 6.92 Å². The minimum Gasteiger partial charge on any atom is -0.322 e. The molecule has 0 aliphatic rings. The average Bonchev–Trinajstić information content (AvgIpc) is 2.57. The van der Waals surface area contributed by atoms with E-state index in [-0.39, 0.29) is 15.7 Å². The lowest BCUT2D eigenvalue weighted by atomic mass is 10.0. The minimum absolute atomic E-state index is 0.0430. The van der Waals surface area contributed by atoms with Gasteiger partial charge in [0.1, 0.15) is 5.15 Å². The quantitative estimate of drug-likeness (QED) is 0.448. The van der Waals surface area contributed by atoms with E-state index in [4.69, 9.17) is 34.8 Å². The van der Waals surface area contributed by atoms with Crippen molar-refractivity contribution in [2.24, 2.45) is 0 Å². The van der Waals surface area contributed by atoms with Crippen molar-refractivity contribution in [3.63, 3.8) is 0 Å². The van der Waals surface area contributed by atoms with Crippen molar-refractivity contribution in [2.75, 3.05) is 5.32 Å². The van der Waals surface area contributed by atoms with Gasteiger partial charge < -0.3 is 5.32 Å². The second-order valence-electron chi connectivity index (χ2n) is 5.37. The van der Waals surface area contributed by atoms with Crippen LogP contribution in [0.3, 0.4) is 0 Å². The monoisotopic (exact) mass is 469 g/mol. The summed E-state index contributed by atoms with van der Waals surface area (Å²) < 4.78 is 0.786. The third-order valence-electron chi connectivity index (χ3n) is 3.73. The molecule has 26 heavy (non-hydrogen) atoms. The lowest BCUT2D eigenvalue weighted by molar-refractivity contribution is 0.102. The van der Waals surface area contributed by atoms with Crippen LogP contribution in [0.2, 0.25) is 15.2 Å². The van der Waals surface area contributed by atoms with Crippen LogP contribution in [0.15, 0.2) is 47.2 Å². The van der Waals surface area contributed by atoms with E-state index in [9.17, 15) is 4.79 Å². The maximum Gasteiger partial charge on any atom is 0.260 e. The minimum atomic E-state index is -0.441. The van der Waals surface area contributed by atoms with Gasteiger partial charge in [-0.15, -0.1) is 0 Å². The fourth-order valence-corrected chi connectivity index (χ4v) is 3.70. The molecule has 1 aromatic carbocycles. The molecule has 2 heterocycles. The van der Waals surface area contributed by atoms with Crippen LogP contribution in [-0.4, -0.2) is 15.9 Å². The fraction of sp³-hybridized carbons (Fsp3) is 0.0556. The van der Waals surface area contributed by atoms with Gasteiger partial charge in [0.05, 0.1) is 21.3 Å². The average molecular weight is 472 g/mol. The predicted molar refractivity (Wildman–Crippen MR) is 109 cm³/mol. The van der Waals surface area contributed by atoms with Gasteiger partial charge in [-0.1, -0.05) is 46.9 Å². The molecule has 0 radical (unpaired) electrons. The Labute approximate surface area is 173 Å². The topological polar surface area (TPSA) is 54.9 Å². The molecule has 4 nitrogen and oxygen atoms in total. The first kappa shape index (κ1) is 19.1. The molecule has 2 aromatic heterocycles. The van der Waals surface area contributed by atoms with E-state index in [0.29, 0.717) is 16.4 Å². The number of carbonyl (C=O) groups excluding carboxylic acids is 1. The molecule has 1 N–H and O–H groups in total. The van der Waals surface area contributed by atoms with E-state index in [1.807, 2.05) is 19.1 Å². The molecule has 0 bridgehead atoms. The maximum atomic E-state index is 12.6. The fourth-order valence-electron chi connectivity index (χ4n) is 2.44. The lowest BCUT2D eigenvalue weighted by Gasteiger charge is -2.14. The molecule has 0 aliphatic heterocycles. The number of halogens is 4. The molecule has 0 spiro atoms. The summed E-state index contributed by atoms with van der Waals surface area (Å²) in [4.78, 5) is 20.9. The standard InChI is InChI=1S/C18H11BrCl3N3O/c1-9-11(16-13(21)7-10(19)8-24-16)3-2-4-14(9)25-18(26)15-12(20)5-6-23-17(15)22/h2-8H,1H3,(H,25,26). The summed E-state index contributed by atoms with van der Waals surface area (Å²) in [6, 6.07) is 8.75. The largest absolute Gasteiger partial charge is 0.322 e. The molecular formula is C18H11BrCl3N3O. The van der Waals surface area contributed by atoms with Crippen LogP contribution in [0.25, 0.3) is 11.3 Å². The highest BCUT2D eigenvalue weighted by Crippen LogP contribution is 2.33. The number of aromatic nitrogens is 2. The number of nitrogens with zero attached hydrogens (tertiary/aromatic N) is 2. The molecule has 0 atom stereocenters. The van der Waals surface area contributed by atoms with E-state index in [1.54, 1.807) is 18.3 Å². The first-order valence-corrected chi connectivity index (χ1v) is 9.33. The van der Waals surface area contributed by atoms with Gasteiger partial charge in [-0.2, -0.15) is 0 Å². The normalized spacial score (nSPS) is 10.7. The smallest absolute Gasteiger partial charge is 0.260 e. The second kappa shape index (κ2) is 7.92. The number of anilines is 1. The van der Waals surface area contributed by atoms with Crippen LogP contribution >= 0.6 is 50.7 Å². The maximum absolute atomic E-state index is 12.6. The number of carbonyl (C=O) groups is 1. The number of benzene rings is 1. The summed E-state index contributed by atoms with van der Waals surface area (Å²) in [5, 5.41) is 3.60. The van der Waals surface area contributed by atoms with Crippen LogP contribution < -0.4 is 5.32 Å². The molecule has 132 valence electrons. The number of hydrogen-bond donors (Lipinski definition) is 1. The van der Waals surface area contributed by atoms with Crippen LogP contribution in [-0.2, 0) is 0 Å². The molecule has 8 heteroatoms. The van der Waals surface area contributed by atoms with E-state index >= 15 is 0 Å². The molecule has 0 saturated carbocycles. The van der Waals surface area contributed by atoms with Crippen LogP contribution in [0.4, 0.5) is 5.69 Å². The van der Waals surface area contributed by atoms with Crippen molar-refractivity contribution in [1.29, 1.82) is 0 Å². The van der Waals surface area contributed by atoms with Gasteiger partial charge in [0.25, 0.3) is 5.91 Å². The van der Waals surface area contributed by atoms with Gasteiger partial charge in [-0.05, 0) is 46.6 Å². The van der Waals surface area contributed by atoms with Crippen molar-refractivity contribution >= 4 is 62.3 Å². The molecule has 0 saturated heterocycles. The Balaban J connectivity index is 1.99. The summed E-state index contributed by atoms with van der Waals surface area (Å²) in [6.07, 6.45) is 3.11. The Kier molecular flexibility index (Phi) is 5.82. The Morgan fingerprint density at radius 3 is 2.58 bits per heavy atom. The zero-order valence-corrected chi connectivity index (χ0v) is 17.2. The summed E-state index contributed by atoms with van der Waals surface area (Å²) >= 11 is 21.7. The van der Waals surface area contributed by atoms with Crippen molar-refractivity contribution in [1.82, 2.24) is 9.97 Å². The SMILES string of the molecule is Cc1c(NC(=O)c2c(Cl)ccnc2Cl)cccc1-c1ncc(Br)cc1Cl. The Morgan fingerprint density at radius 1 is 1.12 bits per heavy atom. The first-order valence-electron chi connectivity index (χ1n) is 7.41. The number of rotatable bonds is 3. The highest BCUT2D eigenvalue weighted by atomic mass is 79.9. The number of nitrogens with one attached hydrogen (secondary N) is 1. The summed E-state index contributed by atoms with van der Waals surface area (Å²) in [5.41, 5.74) is 2.98. The van der Waals surface area contributed by atoms with E-state index in [2.05, 4.69) is 31.2 Å². The van der Waals surface area contributed by atoms with Crippen molar-refractivity contribution < 1.29 is 4.79 Å². The van der Waals surface area contributed by atoms with Crippen molar-refractivity contribution in [3.8, 4) is 11.3 Å². The molecule has 0 unspecified atom stereocenters. The number of pyridine rings is 2. The van der Waals surface area contributed by atoms with E-state index < -0.39 is 5.91 Å². The van der Waals surface area contributed by atoms with Crippen LogP contribution in [0.5, 0.6) is 0 Å². The molecule has 0 fully saturated rings. The summed E-state index contributed by atoms with van der Waals surface area (Å²) in [7, 11) is 0. The zero-order valence-electron chi connectivity index (χ0n) is 13.4. The molecule has 3 aromatic rings. The molecule has 1 amide bonds. The Hall–Kier alpha value is -1.66. The van der Waals surface area contributed by atoms with Gasteiger partial charge in [0.2, 0.25) is 0 Å². The Morgan fingerprint density at radius 2 is 1.88 bits per heavy atom. The first-order chi connectivity index (χ1) is 12.4. The number of amides is 1. The summed E-state index contributed by atoms with van der Waals surface area (Å²) in [6.45, 7) is 1.87. The lowest BCUT2D eigenvalue weighted by Crippen LogP contribution is -2.14. The predicted octanol–water partition coefficient (Wildman–Crippen LogP) is 6.43. The van der Waals surface area contributed by atoms with Gasteiger partial charge >= 0.3 is 0 Å². The van der Waals surface area contributed by atoms with Crippen molar-refractivity contribution in [3.05, 3.63) is 73.5 Å². The number of hydrogen-bond acceptors (Lipinski definition) is 3. The zero-order chi connectivity index (χ0) is 18.8. The van der Waals surface area contributed by atoms with Gasteiger partial charge in [-0.3, -0.25) is 9.78 Å². The van der Waals surface area contributed by atoms with Crippen LogP contribution in [0.1, 0.15) is 15.9 Å². The van der Waals surface area contributed by atoms with Gasteiger partial charge in [-0.25, -0.2) is 4.98 Å². The second-order valence-corrected chi connectivity index (χ2v) is 7.46. The van der Waals surface area contributed by atoms with E-state index in [0.717, 1.165) is 15.6 Å². The third kappa shape index (κ3) is 3.86. The van der Waals surface area contributed by atoms with Crippen molar-refractivity contribution in [2.45, 2.75) is 6.92 Å². The van der Waals surface area contributed by atoms with E-state index in [1.165, 1.54) is 12.3 Å². The third-order valence-corrected chi connectivity index (χ3v) is 5.05. The molecule has 3 rings (SSSR count). The van der Waals surface area contributed by atoms with Gasteiger partial charge in [0.15, 0.2) is 0 Å². The highest BCUT2D eigenvalue weighted by molar-refractivity contribution is 9.10.